The van der Waals surface area contributed by atoms with Crippen LogP contribution < -0.4 is 26.3 Å². The smallest absolute Gasteiger partial charge is 0.251 e. The van der Waals surface area contributed by atoms with E-state index in [1.165, 1.54) is 12.1 Å². The summed E-state index contributed by atoms with van der Waals surface area (Å²) in [6.07, 6.45) is 5.53. The van der Waals surface area contributed by atoms with Crippen molar-refractivity contribution in [2.45, 2.75) is 50.0 Å². The summed E-state index contributed by atoms with van der Waals surface area (Å²) in [5, 5.41) is 10.0. The molecule has 0 bridgehead atoms. The van der Waals surface area contributed by atoms with Gasteiger partial charge in [0, 0.05) is 53.2 Å². The van der Waals surface area contributed by atoms with Gasteiger partial charge in [0.15, 0.2) is 0 Å². The molecule has 2 fully saturated rings. The van der Waals surface area contributed by atoms with Gasteiger partial charge in [-0.25, -0.2) is 18.2 Å². The van der Waals surface area contributed by atoms with Crippen molar-refractivity contribution in [2.24, 2.45) is 11.7 Å². The fourth-order valence-corrected chi connectivity index (χ4v) is 5.55. The molecule has 11 heteroatoms. The van der Waals surface area contributed by atoms with E-state index in [0.717, 1.165) is 32.8 Å². The summed E-state index contributed by atoms with van der Waals surface area (Å²) in [7, 11) is 1.00. The summed E-state index contributed by atoms with van der Waals surface area (Å²) < 4.78 is 54.2. The molecule has 3 aromatic rings. The van der Waals surface area contributed by atoms with E-state index in [0.29, 0.717) is 56.5 Å². The molecule has 2 aromatic carbocycles. The third-order valence-electron chi connectivity index (χ3n) is 8.38. The molecule has 2 saturated carbocycles. The Morgan fingerprint density at radius 1 is 1.16 bits per heavy atom. The van der Waals surface area contributed by atoms with Crippen LogP contribution in [0.25, 0.3) is 17.3 Å². The molecular weight excluding hydrogens is 585 g/mol. The molecule has 240 valence electrons. The van der Waals surface area contributed by atoms with Crippen LogP contribution in [0.1, 0.15) is 65.7 Å². The van der Waals surface area contributed by atoms with E-state index in [2.05, 4.69) is 5.32 Å². The Kier molecular flexibility index (Phi) is 9.57. The molecule has 2 heterocycles. The Morgan fingerprint density at radius 3 is 2.44 bits per heavy atom. The number of benzene rings is 2. The first-order valence-corrected chi connectivity index (χ1v) is 15.0. The van der Waals surface area contributed by atoms with Crippen LogP contribution in [-0.2, 0) is 5.41 Å². The minimum atomic E-state index is -1.44. The van der Waals surface area contributed by atoms with Gasteiger partial charge in [-0.15, -0.1) is 0 Å². The number of halogens is 3. The number of ether oxygens (including phenoxy) is 2. The van der Waals surface area contributed by atoms with Crippen molar-refractivity contribution in [1.82, 2.24) is 10.3 Å². The van der Waals surface area contributed by atoms with Gasteiger partial charge in [-0.1, -0.05) is 0 Å². The van der Waals surface area contributed by atoms with Gasteiger partial charge in [-0.2, -0.15) is 0 Å². The molecule has 1 amide bonds. The largest absolute Gasteiger partial charge is 0.490 e. The summed E-state index contributed by atoms with van der Waals surface area (Å²) in [5.41, 5.74) is 14.7. The van der Waals surface area contributed by atoms with Crippen LogP contribution in [0.4, 0.5) is 18.9 Å². The Morgan fingerprint density at radius 2 is 1.84 bits per heavy atom. The van der Waals surface area contributed by atoms with Gasteiger partial charge in [0.25, 0.3) is 5.91 Å². The van der Waals surface area contributed by atoms with E-state index in [1.54, 1.807) is 43.3 Å². The molecule has 1 aliphatic heterocycles. The van der Waals surface area contributed by atoms with Gasteiger partial charge in [-0.3, -0.25) is 4.79 Å². The fourth-order valence-electron chi connectivity index (χ4n) is 5.55. The molecule has 8 nitrogen and oxygen atoms in total. The molecule has 0 saturated heterocycles. The predicted molar refractivity (Wildman–Crippen MR) is 167 cm³/mol. The van der Waals surface area contributed by atoms with E-state index in [4.69, 9.17) is 31.0 Å². The molecule has 1 aromatic heterocycles. The van der Waals surface area contributed by atoms with Crippen molar-refractivity contribution in [1.29, 1.82) is 0 Å². The summed E-state index contributed by atoms with van der Waals surface area (Å²) in [4.78, 5) is 18.4. The van der Waals surface area contributed by atoms with E-state index >= 15 is 0 Å². The third-order valence-corrected chi connectivity index (χ3v) is 8.38. The number of rotatable bonds is 11. The van der Waals surface area contributed by atoms with E-state index in [-0.39, 0.29) is 37.0 Å². The summed E-state index contributed by atoms with van der Waals surface area (Å²) in [6, 6.07) is 10.8. The number of amides is 1. The lowest BCUT2D eigenvalue weighted by Crippen LogP contribution is -2.33. The number of aliphatic hydroxyl groups excluding tert-OH is 1. The number of nitrogens with zero attached hydrogens (tertiary/aromatic N) is 1. The zero-order valence-corrected chi connectivity index (χ0v) is 25.4. The monoisotopic (exact) mass is 624 g/mol. The number of pyridine rings is 1. The molecule has 0 spiro atoms. The van der Waals surface area contributed by atoms with Crippen LogP contribution >= 0.6 is 0 Å². The molecule has 1 unspecified atom stereocenters. The number of aromatic nitrogens is 1. The molecule has 3 aliphatic rings. The second-order valence-electron chi connectivity index (χ2n) is 12.0. The van der Waals surface area contributed by atoms with Crippen LogP contribution in [0.3, 0.4) is 0 Å². The lowest BCUT2D eigenvalue weighted by Gasteiger charge is -2.23. The van der Waals surface area contributed by atoms with Crippen LogP contribution in [-0.4, -0.2) is 55.7 Å². The van der Waals surface area contributed by atoms with Gasteiger partial charge in [0.1, 0.15) is 43.0 Å². The lowest BCUT2D eigenvalue weighted by molar-refractivity contribution is 0.0949. The molecule has 1 atom stereocenters. The van der Waals surface area contributed by atoms with Gasteiger partial charge >= 0.3 is 0 Å². The average molecular weight is 625 g/mol. The number of anilines is 1. The predicted octanol–water partition coefficient (Wildman–Crippen LogP) is 5.43. The highest BCUT2D eigenvalue weighted by Gasteiger charge is 2.45. The van der Waals surface area contributed by atoms with Crippen LogP contribution in [0.2, 0.25) is 0 Å². The molecule has 6 N–H and O–H groups in total. The maximum atomic E-state index is 14.3. The van der Waals surface area contributed by atoms with Gasteiger partial charge in [0.2, 0.25) is 0 Å². The number of aliphatic hydroxyl groups is 1. The first kappa shape index (κ1) is 32.2. The number of alkyl halides is 2. The van der Waals surface area contributed by atoms with E-state index in [1.807, 2.05) is 0 Å². The summed E-state index contributed by atoms with van der Waals surface area (Å²) >= 11 is 0. The summed E-state index contributed by atoms with van der Waals surface area (Å²) in [6.45, 7) is -0.0319. The number of nitrogens with two attached hydrogens (primary N) is 2. The number of fused-ring (bicyclic) bond motifs is 1. The maximum absolute atomic E-state index is 14.3. The SMILES string of the molecule is C/C(N)=C/c1cc(C(=O)NCC(c2cc3c(c(-c4ccc(F)cc4)n2)OCC3(CF)CF)C2CC2)cc(OC2CC2)c1N.CO. The lowest BCUT2D eigenvalue weighted by atomic mass is 9.83. The van der Waals surface area contributed by atoms with Crippen LogP contribution in [0.15, 0.2) is 48.2 Å². The Bertz CT molecular complexity index is 1560. The zero-order chi connectivity index (χ0) is 32.3. The molecule has 0 radical (unpaired) electrons. The minimum Gasteiger partial charge on any atom is -0.490 e. The Balaban J connectivity index is 0.00000196. The first-order valence-electron chi connectivity index (χ1n) is 15.0. The van der Waals surface area contributed by atoms with E-state index in [9.17, 15) is 18.0 Å². The summed E-state index contributed by atoms with van der Waals surface area (Å²) in [5.74, 6) is 0.0438. The highest BCUT2D eigenvalue weighted by Crippen LogP contribution is 2.48. The number of nitrogens with one attached hydrogen (secondary N) is 1. The van der Waals surface area contributed by atoms with Crippen LogP contribution in [0.5, 0.6) is 11.5 Å². The van der Waals surface area contributed by atoms with Crippen molar-refractivity contribution in [3.63, 3.8) is 0 Å². The third kappa shape index (κ3) is 6.88. The standard InChI is InChI=1S/C33H35F3N4O3.CH4O/c1-18(37)10-21-11-22(12-28(29(21)38)43-24-8-9-24)32(41)39-14-25(19-2-3-19)27-13-26-31(42-17-33(26,15-34)16-35)30(40-27)20-4-6-23(36)7-5-20;1-2/h4-7,10-13,19,24-25H,2-3,8-9,14-17,37-38H2,1H3,(H,39,41);2H,1H3/b18-10-;. The van der Waals surface area contributed by atoms with Gasteiger partial charge in [0.05, 0.1) is 17.2 Å². The topological polar surface area (TPSA) is 133 Å². The quantitative estimate of drug-likeness (QED) is 0.209. The normalized spacial score (nSPS) is 17.4. The van der Waals surface area contributed by atoms with Crippen molar-refractivity contribution in [3.05, 3.63) is 76.4 Å². The number of carbonyl (C=O) groups excluding carboxylic acids is 1. The number of nitrogen functional groups attached to an aromatic ring is 1. The number of hydrogen-bond acceptors (Lipinski definition) is 7. The molecule has 45 heavy (non-hydrogen) atoms. The van der Waals surface area contributed by atoms with E-state index < -0.39 is 24.6 Å². The number of hydrogen-bond donors (Lipinski definition) is 4. The first-order chi connectivity index (χ1) is 21.7. The van der Waals surface area contributed by atoms with Crippen molar-refractivity contribution in [2.75, 3.05) is 39.3 Å². The van der Waals surface area contributed by atoms with Crippen molar-refractivity contribution in [3.8, 4) is 22.8 Å². The average Bonchev–Trinajstić information content (AvgIpc) is 3.99. The Hall–Kier alpha value is -4.25. The molecule has 6 rings (SSSR count). The van der Waals surface area contributed by atoms with Crippen LogP contribution in [0, 0.1) is 11.7 Å². The highest BCUT2D eigenvalue weighted by molar-refractivity contribution is 5.96. The second kappa shape index (κ2) is 13.4. The minimum absolute atomic E-state index is 0.0848. The fraction of sp³-hybridized carbons (Fsp3) is 0.412. The second-order valence-corrected chi connectivity index (χ2v) is 12.0. The van der Waals surface area contributed by atoms with Gasteiger partial charge < -0.3 is 31.4 Å². The van der Waals surface area contributed by atoms with Gasteiger partial charge in [-0.05, 0) is 87.1 Å². The molecule has 2 aliphatic carbocycles. The zero-order valence-electron chi connectivity index (χ0n) is 25.4. The highest BCUT2D eigenvalue weighted by atomic mass is 19.1. The maximum Gasteiger partial charge on any atom is 0.251 e. The number of carbonyl (C=O) groups is 1. The Labute approximate surface area is 260 Å². The molecular formula is C34H39F3N4O4. The van der Waals surface area contributed by atoms with Crippen molar-refractivity contribution < 1.29 is 32.5 Å². The van der Waals surface area contributed by atoms with Crippen molar-refractivity contribution >= 4 is 17.7 Å². The number of allylic oxidation sites excluding steroid dienone is 1.